The molecule has 0 atom stereocenters. The number of nitriles is 1. The lowest BCUT2D eigenvalue weighted by Crippen LogP contribution is -2.39. The molecule has 0 saturated carbocycles. The highest BCUT2D eigenvalue weighted by atomic mass is 15.0. The van der Waals surface area contributed by atoms with Gasteiger partial charge >= 0.3 is 0 Å². The van der Waals surface area contributed by atoms with E-state index in [1.54, 1.807) is 0 Å². The van der Waals surface area contributed by atoms with E-state index in [1.807, 2.05) is 24.3 Å². The van der Waals surface area contributed by atoms with Crippen molar-refractivity contribution in [3.63, 3.8) is 0 Å². The van der Waals surface area contributed by atoms with Crippen LogP contribution in [0.5, 0.6) is 0 Å². The summed E-state index contributed by atoms with van der Waals surface area (Å²) in [6, 6.07) is 77.1. The van der Waals surface area contributed by atoms with E-state index in [1.165, 1.54) is 10.8 Å². The van der Waals surface area contributed by atoms with Gasteiger partial charge in [-0.05, 0) is 51.9 Å². The average Bonchev–Trinajstić information content (AvgIpc) is 3.95. The van der Waals surface area contributed by atoms with Crippen LogP contribution in [0.2, 0.25) is 0 Å². The topological polar surface area (TPSA) is 72.3 Å². The van der Waals surface area contributed by atoms with Crippen molar-refractivity contribution in [1.29, 1.82) is 5.26 Å². The van der Waals surface area contributed by atoms with Gasteiger partial charge < -0.3 is 9.13 Å². The zero-order valence-electron chi connectivity index (χ0n) is 39.4. The number of hydrogen-bond acceptors (Lipinski definition) is 4. The fraction of sp³-hybridized carbons (Fsp3) is 0. The van der Waals surface area contributed by atoms with Crippen LogP contribution in [-0.2, 0) is 0 Å². The largest absolute Gasteiger partial charge is 0.309 e. The van der Waals surface area contributed by atoms with Gasteiger partial charge in [-0.15, -0.1) is 0 Å². The molecule has 3 aromatic heterocycles. The second-order valence-electron chi connectivity index (χ2n) is 18.3. The molecule has 0 radical (unpaired) electrons. The Balaban J connectivity index is 1.10. The molecule has 0 N–H and O–H groups in total. The fourth-order valence-corrected chi connectivity index (χ4v) is 11.1. The molecule has 0 aliphatic heterocycles. The van der Waals surface area contributed by atoms with Crippen molar-refractivity contribution in [3.05, 3.63) is 218 Å². The first kappa shape index (κ1) is 41.9. The van der Waals surface area contributed by atoms with E-state index in [4.69, 9.17) is 15.0 Å². The van der Waals surface area contributed by atoms with E-state index >= 15 is 0 Å². The summed E-state index contributed by atoms with van der Waals surface area (Å²) >= 11 is 0. The highest BCUT2D eigenvalue weighted by molar-refractivity contribution is 6.56. The molecular weight excluding hydrogens is 861 g/mol. The molecule has 328 valence electrons. The smallest absolute Gasteiger partial charge is 0.164 e. The molecule has 3 heterocycles. The van der Waals surface area contributed by atoms with E-state index < -0.39 is 0 Å². The van der Waals surface area contributed by atoms with Gasteiger partial charge in [-0.1, -0.05) is 204 Å². The van der Waals surface area contributed by atoms with Crippen LogP contribution in [0.15, 0.2) is 212 Å². The summed E-state index contributed by atoms with van der Waals surface area (Å²) in [5, 5.41) is 18.5. The van der Waals surface area contributed by atoms with Crippen molar-refractivity contribution < 1.29 is 0 Å². The van der Waals surface area contributed by atoms with Gasteiger partial charge in [0.1, 0.15) is 29.6 Å². The summed E-state index contributed by atoms with van der Waals surface area (Å²) in [6.45, 7) is 0. The summed E-state index contributed by atoms with van der Waals surface area (Å²) < 4.78 is 4.77. The second kappa shape index (κ2) is 16.8. The van der Waals surface area contributed by atoms with Gasteiger partial charge in [-0.3, -0.25) is 0 Å². The molecule has 0 aliphatic rings. The first-order valence-electron chi connectivity index (χ1n) is 24.0. The lowest BCUT2D eigenvalue weighted by atomic mass is 9.69. The zero-order valence-corrected chi connectivity index (χ0v) is 39.4. The maximum absolute atomic E-state index is 11.6. The number of fused-ring (bicyclic) bond motifs is 8. The number of nitrogens with zero attached hydrogens (tertiary/aromatic N) is 6. The first-order chi connectivity index (χ1) is 35.0. The SMILES string of the molecule is Bc1c(B)c(-n2c3ccccc3c3ccc4c(c5ccccc5n4-c4cccc5ccccc45)c32)c(C#N)c(B)c1-c1nc(-c2ccccc2-c2ccccc2)nc(-c2ccccc2-c2ccccc2)n1. The van der Waals surface area contributed by atoms with Crippen molar-refractivity contribution in [2.45, 2.75) is 0 Å². The lowest BCUT2D eigenvalue weighted by molar-refractivity contribution is 1.08. The van der Waals surface area contributed by atoms with Gasteiger partial charge in [0.05, 0.1) is 39.0 Å². The minimum absolute atomic E-state index is 0.514. The van der Waals surface area contributed by atoms with Crippen LogP contribution >= 0.6 is 0 Å². The Labute approximate surface area is 413 Å². The van der Waals surface area contributed by atoms with Crippen molar-refractivity contribution >= 4 is 94.3 Å². The van der Waals surface area contributed by atoms with Gasteiger partial charge in [-0.2, -0.15) is 5.26 Å². The molecule has 0 spiro atoms. The Kier molecular flexibility index (Phi) is 9.89. The maximum atomic E-state index is 11.6. The van der Waals surface area contributed by atoms with E-state index in [2.05, 4.69) is 227 Å². The van der Waals surface area contributed by atoms with E-state index in [9.17, 15) is 5.26 Å². The Morgan fingerprint density at radius 1 is 0.380 bits per heavy atom. The Morgan fingerprint density at radius 3 is 1.52 bits per heavy atom. The molecule has 10 aromatic carbocycles. The summed E-state index contributed by atoms with van der Waals surface area (Å²) in [4.78, 5) is 16.1. The van der Waals surface area contributed by atoms with Crippen LogP contribution in [0.25, 0.3) is 122 Å². The quantitative estimate of drug-likeness (QED) is 0.149. The molecule has 6 nitrogen and oxygen atoms in total. The molecule has 0 amide bonds. The van der Waals surface area contributed by atoms with Crippen molar-refractivity contribution in [3.8, 4) is 73.9 Å². The Hall–Kier alpha value is -9.25. The molecule has 0 fully saturated rings. The van der Waals surface area contributed by atoms with Crippen molar-refractivity contribution in [2.24, 2.45) is 0 Å². The highest BCUT2D eigenvalue weighted by Crippen LogP contribution is 2.43. The molecule has 0 saturated heterocycles. The van der Waals surface area contributed by atoms with Gasteiger partial charge in [0, 0.05) is 43.6 Å². The Morgan fingerprint density at radius 2 is 0.887 bits per heavy atom. The molecule has 0 aliphatic carbocycles. The van der Waals surface area contributed by atoms with Crippen LogP contribution < -0.4 is 16.4 Å². The van der Waals surface area contributed by atoms with Crippen LogP contribution in [0, 0.1) is 11.3 Å². The number of benzene rings is 10. The zero-order chi connectivity index (χ0) is 47.7. The van der Waals surface area contributed by atoms with Crippen LogP contribution in [0.1, 0.15) is 5.56 Å². The third-order valence-corrected chi connectivity index (χ3v) is 14.5. The Bertz CT molecular complexity index is 4240. The standard InChI is InChI=1S/C62H41B3N6/c63-55-48(36-66)59(71-50-31-15-13-27-43(50)44-34-35-52-53(58(44)71)47-30-14-16-32-51(47)70(52)49-33-17-23-39-22-7-8-26-42(39)49)57(65)56(64)54(55)62-68-60(45-28-11-9-24-40(45)37-18-3-1-4-19-37)67-61(69-62)46-29-12-10-25-41(46)38-20-5-2-6-21-38/h1-35H,63-65H2. The van der Waals surface area contributed by atoms with Crippen LogP contribution in [0.3, 0.4) is 0 Å². The third kappa shape index (κ3) is 6.56. The average molecular weight is 902 g/mol. The third-order valence-electron chi connectivity index (χ3n) is 14.5. The molecule has 0 bridgehead atoms. The summed E-state index contributed by atoms with van der Waals surface area (Å²) in [7, 11) is 6.35. The predicted octanol–water partition coefficient (Wildman–Crippen LogP) is 10.2. The van der Waals surface area contributed by atoms with Gasteiger partial charge in [0.2, 0.25) is 0 Å². The summed E-state index contributed by atoms with van der Waals surface area (Å²) in [5.74, 6) is 1.62. The normalized spacial score (nSPS) is 11.5. The molecule has 0 unspecified atom stereocenters. The highest BCUT2D eigenvalue weighted by Gasteiger charge is 2.28. The van der Waals surface area contributed by atoms with E-state index in [-0.39, 0.29) is 0 Å². The molecule has 13 rings (SSSR count). The number of rotatable bonds is 7. The maximum Gasteiger partial charge on any atom is 0.164 e. The fourth-order valence-electron chi connectivity index (χ4n) is 11.1. The molecule has 13 aromatic rings. The van der Waals surface area contributed by atoms with Crippen molar-refractivity contribution in [2.75, 3.05) is 0 Å². The van der Waals surface area contributed by atoms with Crippen molar-refractivity contribution in [1.82, 2.24) is 24.1 Å². The van der Waals surface area contributed by atoms with Crippen LogP contribution in [-0.4, -0.2) is 47.6 Å². The lowest BCUT2D eigenvalue weighted by Gasteiger charge is -2.22. The van der Waals surface area contributed by atoms with Gasteiger partial charge in [-0.25, -0.2) is 15.0 Å². The molecular formula is C62H41B3N6. The first-order valence-corrected chi connectivity index (χ1v) is 24.0. The number of para-hydroxylation sites is 2. The predicted molar refractivity (Wildman–Crippen MR) is 302 cm³/mol. The monoisotopic (exact) mass is 902 g/mol. The summed E-state index contributed by atoms with van der Waals surface area (Å²) in [5.41, 5.74) is 16.4. The molecule has 71 heavy (non-hydrogen) atoms. The number of aromatic nitrogens is 5. The van der Waals surface area contributed by atoms with E-state index in [0.717, 1.165) is 110 Å². The molecule has 9 heteroatoms. The number of hydrogen-bond donors (Lipinski definition) is 0. The minimum Gasteiger partial charge on any atom is -0.309 e. The van der Waals surface area contributed by atoms with Crippen LogP contribution in [0.4, 0.5) is 0 Å². The van der Waals surface area contributed by atoms with E-state index in [0.29, 0.717) is 23.0 Å². The van der Waals surface area contributed by atoms with Gasteiger partial charge in [0.15, 0.2) is 17.5 Å². The summed E-state index contributed by atoms with van der Waals surface area (Å²) in [6.07, 6.45) is 0. The minimum atomic E-state index is 0.514. The second-order valence-corrected chi connectivity index (χ2v) is 18.3. The van der Waals surface area contributed by atoms with Gasteiger partial charge in [0.25, 0.3) is 0 Å².